The minimum atomic E-state index is -2.95. The Balaban J connectivity index is 1.68. The Morgan fingerprint density at radius 2 is 1.58 bits per heavy atom. The molecule has 0 N–H and O–H groups in total. The highest BCUT2D eigenvalue weighted by molar-refractivity contribution is 6.99. The maximum absolute atomic E-state index is 16.0. The van der Waals surface area contributed by atoms with Crippen molar-refractivity contribution in [3.63, 3.8) is 0 Å². The summed E-state index contributed by atoms with van der Waals surface area (Å²) in [4.78, 5) is 15.6. The standard InChI is InChI=1S/C34H37ClFN3O3Si/c1-23-20-39(21-24(2)42-23)32-26(18-29(31(36)30(32)35)33(40)25-16-17-37-38-19-25)22-41-43(34(3,4)5,27-12-8-6-9-13-27)28-14-10-7-11-15-28/h6-19,23-24H,20-22H2,1-5H3. The summed E-state index contributed by atoms with van der Waals surface area (Å²) in [5.41, 5.74) is 1.27. The van der Waals surface area contributed by atoms with Crippen molar-refractivity contribution in [1.29, 1.82) is 0 Å². The van der Waals surface area contributed by atoms with Crippen molar-refractivity contribution in [2.24, 2.45) is 0 Å². The molecular weight excluding hydrogens is 581 g/mol. The Morgan fingerprint density at radius 3 is 2.09 bits per heavy atom. The minimum Gasteiger partial charge on any atom is -0.403 e. The molecule has 0 spiro atoms. The number of halogens is 2. The summed E-state index contributed by atoms with van der Waals surface area (Å²) < 4.78 is 29.3. The van der Waals surface area contributed by atoms with Gasteiger partial charge >= 0.3 is 0 Å². The van der Waals surface area contributed by atoms with Crippen LogP contribution in [0.2, 0.25) is 10.1 Å². The normalized spacial score (nSPS) is 17.6. The third-order valence-corrected chi connectivity index (χ3v) is 13.3. The molecule has 1 aromatic heterocycles. The zero-order valence-electron chi connectivity index (χ0n) is 25.2. The van der Waals surface area contributed by atoms with Gasteiger partial charge in [0.2, 0.25) is 0 Å². The van der Waals surface area contributed by atoms with E-state index in [-0.39, 0.29) is 40.0 Å². The summed E-state index contributed by atoms with van der Waals surface area (Å²) in [6.07, 6.45) is 2.56. The summed E-state index contributed by atoms with van der Waals surface area (Å²) in [5.74, 6) is -1.28. The van der Waals surface area contributed by atoms with Gasteiger partial charge in [0.1, 0.15) is 5.02 Å². The fraction of sp³-hybridized carbons (Fsp3) is 0.324. The third-order valence-electron chi connectivity index (χ3n) is 7.95. The molecule has 1 saturated heterocycles. The summed E-state index contributed by atoms with van der Waals surface area (Å²) in [6, 6.07) is 23.7. The number of benzene rings is 3. The van der Waals surface area contributed by atoms with Gasteiger partial charge in [0.25, 0.3) is 8.32 Å². The molecular formula is C34H37ClFN3O3Si. The van der Waals surface area contributed by atoms with Gasteiger partial charge in [-0.1, -0.05) is 93.0 Å². The number of anilines is 1. The van der Waals surface area contributed by atoms with Crippen LogP contribution in [0.15, 0.2) is 85.2 Å². The number of nitrogens with zero attached hydrogens (tertiary/aromatic N) is 3. The quantitative estimate of drug-likeness (QED) is 0.174. The van der Waals surface area contributed by atoms with Gasteiger partial charge in [-0.3, -0.25) is 4.79 Å². The Morgan fingerprint density at radius 1 is 1.00 bits per heavy atom. The van der Waals surface area contributed by atoms with Crippen LogP contribution in [0.4, 0.5) is 10.1 Å². The number of hydrogen-bond acceptors (Lipinski definition) is 6. The molecule has 0 radical (unpaired) electrons. The van der Waals surface area contributed by atoms with Crippen LogP contribution in [0, 0.1) is 5.82 Å². The smallest absolute Gasteiger partial charge is 0.261 e. The van der Waals surface area contributed by atoms with Crippen molar-refractivity contribution in [3.05, 3.63) is 113 Å². The molecule has 0 bridgehead atoms. The highest BCUT2D eigenvalue weighted by atomic mass is 35.5. The Kier molecular flexibility index (Phi) is 9.13. The number of ether oxygens (including phenoxy) is 1. The number of rotatable bonds is 8. The fourth-order valence-corrected chi connectivity index (χ4v) is 11.0. The predicted molar refractivity (Wildman–Crippen MR) is 172 cm³/mol. The van der Waals surface area contributed by atoms with Crippen molar-refractivity contribution >= 4 is 41.8 Å². The molecule has 2 atom stereocenters. The van der Waals surface area contributed by atoms with Crippen molar-refractivity contribution in [2.75, 3.05) is 18.0 Å². The molecule has 1 aliphatic rings. The van der Waals surface area contributed by atoms with E-state index in [0.717, 1.165) is 10.4 Å². The molecule has 224 valence electrons. The Hall–Kier alpha value is -3.43. The van der Waals surface area contributed by atoms with Crippen LogP contribution in [0.1, 0.15) is 56.1 Å². The Labute approximate surface area is 259 Å². The second-order valence-electron chi connectivity index (χ2n) is 12.1. The molecule has 2 heterocycles. The Bertz CT molecular complexity index is 1520. The third kappa shape index (κ3) is 6.15. The van der Waals surface area contributed by atoms with Crippen LogP contribution in [0.5, 0.6) is 0 Å². The average Bonchev–Trinajstić information content (AvgIpc) is 2.99. The van der Waals surface area contributed by atoms with Gasteiger partial charge in [0.05, 0.1) is 42.5 Å². The molecule has 1 fully saturated rings. The second kappa shape index (κ2) is 12.7. The number of hydrogen-bond donors (Lipinski definition) is 0. The van der Waals surface area contributed by atoms with Gasteiger partial charge in [-0.2, -0.15) is 10.2 Å². The van der Waals surface area contributed by atoms with Crippen molar-refractivity contribution in [3.8, 4) is 0 Å². The second-order valence-corrected chi connectivity index (χ2v) is 16.8. The maximum Gasteiger partial charge on any atom is 0.261 e. The highest BCUT2D eigenvalue weighted by Crippen LogP contribution is 2.41. The van der Waals surface area contributed by atoms with Crippen molar-refractivity contribution in [2.45, 2.75) is 58.5 Å². The van der Waals surface area contributed by atoms with Gasteiger partial charge in [0.15, 0.2) is 11.6 Å². The first-order chi connectivity index (χ1) is 20.5. The monoisotopic (exact) mass is 617 g/mol. The molecule has 5 rings (SSSR count). The summed E-state index contributed by atoms with van der Waals surface area (Å²) >= 11 is 6.86. The lowest BCUT2D eigenvalue weighted by Gasteiger charge is -2.43. The van der Waals surface area contributed by atoms with E-state index in [4.69, 9.17) is 20.8 Å². The van der Waals surface area contributed by atoms with Gasteiger partial charge in [-0.15, -0.1) is 0 Å². The molecule has 2 unspecified atom stereocenters. The molecule has 1 aliphatic heterocycles. The van der Waals surface area contributed by atoms with Crippen molar-refractivity contribution < 1.29 is 18.3 Å². The lowest BCUT2D eigenvalue weighted by atomic mass is 9.99. The SMILES string of the molecule is CC1CN(c2c(CO[Si](c3ccccc3)(c3ccccc3)C(C)(C)C)cc(C(=O)c3ccnnc3)c(F)c2Cl)CC(C)O1. The van der Waals surface area contributed by atoms with Gasteiger partial charge < -0.3 is 14.1 Å². The van der Waals surface area contributed by atoms with Crippen LogP contribution >= 0.6 is 11.6 Å². The molecule has 0 saturated carbocycles. The highest BCUT2D eigenvalue weighted by Gasteiger charge is 2.50. The van der Waals surface area contributed by atoms with Crippen LogP contribution < -0.4 is 15.3 Å². The number of ketones is 1. The summed E-state index contributed by atoms with van der Waals surface area (Å²) in [5, 5.41) is 9.42. The molecule has 43 heavy (non-hydrogen) atoms. The maximum atomic E-state index is 16.0. The first-order valence-corrected chi connectivity index (χ1v) is 16.8. The van der Waals surface area contributed by atoms with E-state index < -0.39 is 19.9 Å². The predicted octanol–water partition coefficient (Wildman–Crippen LogP) is 6.19. The summed E-state index contributed by atoms with van der Waals surface area (Å²) in [7, 11) is -2.95. The molecule has 4 aromatic rings. The van der Waals surface area contributed by atoms with E-state index in [1.807, 2.05) is 50.2 Å². The van der Waals surface area contributed by atoms with Crippen LogP contribution in [-0.4, -0.2) is 49.6 Å². The first kappa shape index (κ1) is 31.0. The van der Waals surface area contributed by atoms with E-state index in [9.17, 15) is 4.79 Å². The number of carbonyl (C=O) groups is 1. The largest absolute Gasteiger partial charge is 0.403 e. The molecule has 0 amide bonds. The molecule has 6 nitrogen and oxygen atoms in total. The van der Waals surface area contributed by atoms with Gasteiger partial charge in [0, 0.05) is 24.2 Å². The summed E-state index contributed by atoms with van der Waals surface area (Å²) in [6.45, 7) is 11.8. The van der Waals surface area contributed by atoms with E-state index in [2.05, 4.69) is 60.1 Å². The lowest BCUT2D eigenvalue weighted by molar-refractivity contribution is -0.00532. The van der Waals surface area contributed by atoms with Crippen molar-refractivity contribution in [1.82, 2.24) is 10.2 Å². The minimum absolute atomic E-state index is 0.0856. The van der Waals surface area contributed by atoms with Crippen LogP contribution in [0.25, 0.3) is 0 Å². The number of aromatic nitrogens is 2. The van der Waals surface area contributed by atoms with Crippen LogP contribution in [-0.2, 0) is 15.8 Å². The topological polar surface area (TPSA) is 64.5 Å². The van der Waals surface area contributed by atoms with Crippen LogP contribution in [0.3, 0.4) is 0 Å². The van der Waals surface area contributed by atoms with Gasteiger partial charge in [-0.05, 0) is 41.4 Å². The van der Waals surface area contributed by atoms with Gasteiger partial charge in [-0.25, -0.2) is 4.39 Å². The molecule has 3 aromatic carbocycles. The first-order valence-electron chi connectivity index (χ1n) is 14.5. The molecule has 9 heteroatoms. The number of carbonyl (C=O) groups excluding carboxylic acids is 1. The average molecular weight is 618 g/mol. The lowest BCUT2D eigenvalue weighted by Crippen LogP contribution is -2.66. The molecule has 0 aliphatic carbocycles. The van der Waals surface area contributed by atoms with E-state index >= 15 is 4.39 Å². The van der Waals surface area contributed by atoms with E-state index in [1.54, 1.807) is 6.07 Å². The fourth-order valence-electron chi connectivity index (χ4n) is 6.17. The zero-order valence-corrected chi connectivity index (χ0v) is 26.9. The number of morpholine rings is 1. The van der Waals surface area contributed by atoms with E-state index in [0.29, 0.717) is 24.3 Å². The zero-order chi connectivity index (χ0) is 30.8. The van der Waals surface area contributed by atoms with E-state index in [1.165, 1.54) is 18.5 Å².